The second-order valence-corrected chi connectivity index (χ2v) is 2.56. The summed E-state index contributed by atoms with van der Waals surface area (Å²) in [5, 5.41) is 9.11. The number of rotatable bonds is 1. The zero-order valence-electron chi connectivity index (χ0n) is 7.29. The molecule has 1 rings (SSSR count). The van der Waals surface area contributed by atoms with Gasteiger partial charge in [0.1, 0.15) is 6.10 Å². The Balaban J connectivity index is 2.72. The summed E-state index contributed by atoms with van der Waals surface area (Å²) in [4.78, 5) is 3.43. The number of aliphatic hydroxyl groups excluding tert-OH is 1. The Bertz CT molecular complexity index is 323. The van der Waals surface area contributed by atoms with Crippen molar-refractivity contribution < 1.29 is 9.50 Å². The van der Waals surface area contributed by atoms with Gasteiger partial charge in [-0.1, -0.05) is 18.8 Å². The topological polar surface area (TPSA) is 33.1 Å². The molecule has 0 amide bonds. The zero-order valence-corrected chi connectivity index (χ0v) is 7.29. The molecule has 0 aliphatic rings. The number of hydrogen-bond donors (Lipinski definition) is 1. The molecule has 0 spiro atoms. The Morgan fingerprint density at radius 2 is 2.38 bits per heavy atom. The summed E-state index contributed by atoms with van der Waals surface area (Å²) in [6.07, 6.45) is 1.30. The lowest BCUT2D eigenvalue weighted by atomic mass is 10.2. The van der Waals surface area contributed by atoms with Crippen molar-refractivity contribution in [2.45, 2.75) is 19.4 Å². The standard InChI is InChI=1S/C10H10FNO/c1-2-9(13)5-3-8-4-6-10(11)12-7-8/h4,6-7,9,13H,2H2,1H3/t9-/m0/s1. The molecule has 1 aromatic rings. The second kappa shape index (κ2) is 4.58. The first kappa shape index (κ1) is 9.69. The van der Waals surface area contributed by atoms with Crippen LogP contribution < -0.4 is 0 Å². The van der Waals surface area contributed by atoms with E-state index in [1.807, 2.05) is 6.92 Å². The fraction of sp³-hybridized carbons (Fsp3) is 0.300. The monoisotopic (exact) mass is 179 g/mol. The fourth-order valence-electron chi connectivity index (χ4n) is 0.718. The summed E-state index contributed by atoms with van der Waals surface area (Å²) in [5.74, 6) is 4.78. The van der Waals surface area contributed by atoms with Gasteiger partial charge < -0.3 is 5.11 Å². The molecule has 13 heavy (non-hydrogen) atoms. The Labute approximate surface area is 76.4 Å². The van der Waals surface area contributed by atoms with E-state index < -0.39 is 12.1 Å². The molecule has 0 radical (unpaired) electrons. The number of hydrogen-bond acceptors (Lipinski definition) is 2. The van der Waals surface area contributed by atoms with E-state index in [-0.39, 0.29) is 0 Å². The van der Waals surface area contributed by atoms with E-state index in [1.54, 1.807) is 0 Å². The first-order chi connectivity index (χ1) is 6.22. The quantitative estimate of drug-likeness (QED) is 0.521. The molecule has 3 heteroatoms. The molecule has 2 nitrogen and oxygen atoms in total. The second-order valence-electron chi connectivity index (χ2n) is 2.56. The number of aliphatic hydroxyl groups is 1. The van der Waals surface area contributed by atoms with Gasteiger partial charge >= 0.3 is 0 Å². The molecule has 0 aliphatic heterocycles. The van der Waals surface area contributed by atoms with Gasteiger partial charge in [0.25, 0.3) is 0 Å². The van der Waals surface area contributed by atoms with Crippen LogP contribution in [0.5, 0.6) is 0 Å². The van der Waals surface area contributed by atoms with Crippen molar-refractivity contribution in [1.82, 2.24) is 4.98 Å². The summed E-state index contributed by atoms with van der Waals surface area (Å²) in [7, 11) is 0. The molecular weight excluding hydrogens is 169 g/mol. The van der Waals surface area contributed by atoms with Crippen LogP contribution in [0.2, 0.25) is 0 Å². The number of pyridine rings is 1. The largest absolute Gasteiger partial charge is 0.380 e. The molecule has 1 atom stereocenters. The Hall–Kier alpha value is -1.40. The highest BCUT2D eigenvalue weighted by Gasteiger charge is 1.93. The minimum absolute atomic E-state index is 0.526. The van der Waals surface area contributed by atoms with Gasteiger partial charge in [-0.15, -0.1) is 0 Å². The minimum Gasteiger partial charge on any atom is -0.380 e. The lowest BCUT2D eigenvalue weighted by Crippen LogP contribution is -1.98. The van der Waals surface area contributed by atoms with Crippen LogP contribution in [-0.2, 0) is 0 Å². The van der Waals surface area contributed by atoms with Gasteiger partial charge in [-0.25, -0.2) is 4.98 Å². The highest BCUT2D eigenvalue weighted by molar-refractivity contribution is 5.32. The van der Waals surface area contributed by atoms with Crippen molar-refractivity contribution >= 4 is 0 Å². The van der Waals surface area contributed by atoms with Crippen LogP contribution in [0, 0.1) is 17.8 Å². The normalized spacial score (nSPS) is 11.6. The van der Waals surface area contributed by atoms with Crippen LogP contribution in [0.1, 0.15) is 18.9 Å². The molecule has 0 saturated heterocycles. The molecule has 0 fully saturated rings. The van der Waals surface area contributed by atoms with Gasteiger partial charge in [-0.05, 0) is 18.6 Å². The first-order valence-electron chi connectivity index (χ1n) is 4.03. The van der Waals surface area contributed by atoms with Crippen LogP contribution in [0.15, 0.2) is 18.3 Å². The third-order valence-corrected chi connectivity index (χ3v) is 1.50. The number of aromatic nitrogens is 1. The third-order valence-electron chi connectivity index (χ3n) is 1.50. The maximum absolute atomic E-state index is 12.3. The van der Waals surface area contributed by atoms with E-state index >= 15 is 0 Å². The first-order valence-corrected chi connectivity index (χ1v) is 4.03. The summed E-state index contributed by atoms with van der Waals surface area (Å²) < 4.78 is 12.3. The molecular formula is C10H10FNO. The number of nitrogens with zero attached hydrogens (tertiary/aromatic N) is 1. The van der Waals surface area contributed by atoms with Crippen molar-refractivity contribution in [2.24, 2.45) is 0 Å². The smallest absolute Gasteiger partial charge is 0.212 e. The molecule has 1 heterocycles. The van der Waals surface area contributed by atoms with Crippen molar-refractivity contribution in [3.05, 3.63) is 29.8 Å². The van der Waals surface area contributed by atoms with E-state index in [9.17, 15) is 4.39 Å². The van der Waals surface area contributed by atoms with Crippen LogP contribution >= 0.6 is 0 Å². The zero-order chi connectivity index (χ0) is 9.68. The van der Waals surface area contributed by atoms with Gasteiger partial charge in [0.2, 0.25) is 5.95 Å². The van der Waals surface area contributed by atoms with Crippen molar-refractivity contribution in [1.29, 1.82) is 0 Å². The SMILES string of the molecule is CC[C@H](O)C#Cc1ccc(F)nc1. The van der Waals surface area contributed by atoms with Crippen molar-refractivity contribution in [2.75, 3.05) is 0 Å². The van der Waals surface area contributed by atoms with Crippen LogP contribution in [0.4, 0.5) is 4.39 Å². The Kier molecular flexibility index (Phi) is 3.41. The maximum Gasteiger partial charge on any atom is 0.212 e. The highest BCUT2D eigenvalue weighted by atomic mass is 19.1. The summed E-state index contributed by atoms with van der Waals surface area (Å²) in [6, 6.07) is 2.76. The van der Waals surface area contributed by atoms with Crippen molar-refractivity contribution in [3.8, 4) is 11.8 Å². The lowest BCUT2D eigenvalue weighted by Gasteiger charge is -1.94. The molecule has 0 saturated carbocycles. The van der Waals surface area contributed by atoms with Crippen molar-refractivity contribution in [3.63, 3.8) is 0 Å². The average molecular weight is 179 g/mol. The molecule has 0 unspecified atom stereocenters. The van der Waals surface area contributed by atoms with E-state index in [4.69, 9.17) is 5.11 Å². The molecule has 0 bridgehead atoms. The molecule has 68 valence electrons. The molecule has 1 N–H and O–H groups in total. The van der Waals surface area contributed by atoms with E-state index in [2.05, 4.69) is 16.8 Å². The Morgan fingerprint density at radius 1 is 1.62 bits per heavy atom. The molecule has 0 aromatic carbocycles. The number of halogens is 1. The maximum atomic E-state index is 12.3. The van der Waals surface area contributed by atoms with Gasteiger partial charge in [0.15, 0.2) is 0 Å². The predicted molar refractivity (Wildman–Crippen MR) is 47.4 cm³/mol. The summed E-state index contributed by atoms with van der Waals surface area (Å²) >= 11 is 0. The van der Waals surface area contributed by atoms with Crippen LogP contribution in [0.25, 0.3) is 0 Å². The highest BCUT2D eigenvalue weighted by Crippen LogP contribution is 1.97. The summed E-state index contributed by atoms with van der Waals surface area (Å²) in [5.41, 5.74) is 0.605. The van der Waals surface area contributed by atoms with Gasteiger partial charge in [0.05, 0.1) is 0 Å². The van der Waals surface area contributed by atoms with E-state index in [0.29, 0.717) is 12.0 Å². The Morgan fingerprint density at radius 3 is 2.92 bits per heavy atom. The molecule has 1 aromatic heterocycles. The predicted octanol–water partition coefficient (Wildman–Crippen LogP) is 1.34. The average Bonchev–Trinajstić information content (AvgIpc) is 2.16. The van der Waals surface area contributed by atoms with Gasteiger partial charge in [-0.2, -0.15) is 4.39 Å². The lowest BCUT2D eigenvalue weighted by molar-refractivity contribution is 0.228. The molecule has 0 aliphatic carbocycles. The fourth-order valence-corrected chi connectivity index (χ4v) is 0.718. The van der Waals surface area contributed by atoms with E-state index in [1.165, 1.54) is 18.3 Å². The van der Waals surface area contributed by atoms with Gasteiger partial charge in [0, 0.05) is 11.8 Å². The van der Waals surface area contributed by atoms with E-state index in [0.717, 1.165) is 0 Å². The minimum atomic E-state index is -0.620. The van der Waals surface area contributed by atoms with Crippen LogP contribution in [-0.4, -0.2) is 16.2 Å². The summed E-state index contributed by atoms with van der Waals surface area (Å²) in [6.45, 7) is 1.84. The van der Waals surface area contributed by atoms with Gasteiger partial charge in [-0.3, -0.25) is 0 Å². The third kappa shape index (κ3) is 3.22. The van der Waals surface area contributed by atoms with Crippen LogP contribution in [0.3, 0.4) is 0 Å².